The molecule has 0 spiro atoms. The third kappa shape index (κ3) is 5.01. The lowest BCUT2D eigenvalue weighted by atomic mass is 10.0. The highest BCUT2D eigenvalue weighted by Crippen LogP contribution is 2.35. The Kier molecular flexibility index (Phi) is 6.58. The summed E-state index contributed by atoms with van der Waals surface area (Å²) in [5.41, 5.74) is 2.37. The number of non-ortho nitro benzene ring substituents is 1. The minimum Gasteiger partial charge on any atom is -0.438 e. The highest BCUT2D eigenvalue weighted by Gasteiger charge is 2.24. The van der Waals surface area contributed by atoms with Crippen molar-refractivity contribution in [3.63, 3.8) is 0 Å². The highest BCUT2D eigenvalue weighted by molar-refractivity contribution is 7.16. The number of nitro benzene ring substituents is 1. The molecule has 2 aromatic heterocycles. The number of piperidine rings is 1. The molecule has 1 fully saturated rings. The second-order valence-electron chi connectivity index (χ2n) is 8.94. The second-order valence-corrected chi connectivity index (χ2v) is 9.84. The number of nitrogens with zero attached hydrogens (tertiary/aromatic N) is 5. The number of hydrogen-bond acceptors (Lipinski definition) is 9. The van der Waals surface area contributed by atoms with E-state index in [2.05, 4.69) is 21.4 Å². The molecule has 0 radical (unpaired) electrons. The summed E-state index contributed by atoms with van der Waals surface area (Å²) in [6.45, 7) is 4.97. The van der Waals surface area contributed by atoms with E-state index in [9.17, 15) is 19.8 Å². The number of anilines is 2. The average Bonchev–Trinajstić information content (AvgIpc) is 3.35. The van der Waals surface area contributed by atoms with Crippen molar-refractivity contribution in [3.05, 3.63) is 74.4 Å². The smallest absolute Gasteiger partial charge is 0.272 e. The van der Waals surface area contributed by atoms with Gasteiger partial charge in [0.05, 0.1) is 33.7 Å². The van der Waals surface area contributed by atoms with Gasteiger partial charge in [-0.25, -0.2) is 9.37 Å². The third-order valence-corrected chi connectivity index (χ3v) is 7.20. The first-order chi connectivity index (χ1) is 17.8. The van der Waals surface area contributed by atoms with Crippen molar-refractivity contribution in [2.24, 2.45) is 0 Å². The van der Waals surface area contributed by atoms with Crippen molar-refractivity contribution in [1.82, 2.24) is 9.97 Å². The zero-order valence-corrected chi connectivity index (χ0v) is 21.0. The molecule has 11 heteroatoms. The molecule has 0 amide bonds. The molecule has 5 rings (SSSR count). The van der Waals surface area contributed by atoms with Crippen LogP contribution >= 0.6 is 11.3 Å². The molecule has 1 saturated heterocycles. The third-order valence-electron chi connectivity index (χ3n) is 6.39. The number of nitriles is 1. The van der Waals surface area contributed by atoms with Crippen LogP contribution in [0.4, 0.5) is 21.7 Å². The quantitative estimate of drug-likeness (QED) is 0.240. The van der Waals surface area contributed by atoms with Crippen LogP contribution in [0, 0.1) is 41.1 Å². The number of thiophene rings is 1. The number of benzene rings is 2. The van der Waals surface area contributed by atoms with Crippen LogP contribution in [-0.2, 0) is 0 Å². The van der Waals surface area contributed by atoms with Crippen LogP contribution in [0.5, 0.6) is 11.6 Å². The maximum Gasteiger partial charge on any atom is 0.272 e. The topological polar surface area (TPSA) is 117 Å². The van der Waals surface area contributed by atoms with E-state index in [0.29, 0.717) is 54.8 Å². The van der Waals surface area contributed by atoms with Crippen molar-refractivity contribution in [3.8, 4) is 17.7 Å². The molecule has 0 unspecified atom stereocenters. The molecule has 2 aromatic carbocycles. The first-order valence-corrected chi connectivity index (χ1v) is 12.6. The Morgan fingerprint density at radius 3 is 2.57 bits per heavy atom. The predicted octanol–water partition coefficient (Wildman–Crippen LogP) is 6.10. The van der Waals surface area contributed by atoms with Gasteiger partial charge in [0, 0.05) is 25.2 Å². The van der Waals surface area contributed by atoms with Gasteiger partial charge in [-0.1, -0.05) is 0 Å². The summed E-state index contributed by atoms with van der Waals surface area (Å²) in [7, 11) is 0. The van der Waals surface area contributed by atoms with Crippen molar-refractivity contribution in [2.75, 3.05) is 23.3 Å². The number of aromatic nitrogens is 2. The Morgan fingerprint density at radius 1 is 1.19 bits per heavy atom. The maximum absolute atomic E-state index is 14.5. The monoisotopic (exact) mass is 518 g/mol. The minimum absolute atomic E-state index is 0.0704. The lowest BCUT2D eigenvalue weighted by Gasteiger charge is -2.34. The van der Waals surface area contributed by atoms with E-state index >= 15 is 0 Å². The first kappa shape index (κ1) is 24.4. The molecule has 0 atom stereocenters. The predicted molar refractivity (Wildman–Crippen MR) is 140 cm³/mol. The number of aryl methyl sites for hydroxylation is 2. The van der Waals surface area contributed by atoms with E-state index in [1.807, 2.05) is 30.2 Å². The SMILES string of the molecule is Cc1cc(C#N)cc(C)c1Oc1nc(NC2CCN(c3ccc([N+](=O)[O-])cc3F)CC2)nc2sccc12. The molecule has 1 aliphatic heterocycles. The fraction of sp³-hybridized carbons (Fsp3) is 0.269. The Balaban J connectivity index is 1.32. The minimum atomic E-state index is -0.602. The average molecular weight is 519 g/mol. The maximum atomic E-state index is 14.5. The summed E-state index contributed by atoms with van der Waals surface area (Å²) < 4.78 is 20.7. The van der Waals surface area contributed by atoms with Crippen LogP contribution in [0.1, 0.15) is 29.5 Å². The van der Waals surface area contributed by atoms with Crippen molar-refractivity contribution in [2.45, 2.75) is 32.7 Å². The molecule has 188 valence electrons. The molecular weight excluding hydrogens is 495 g/mol. The van der Waals surface area contributed by atoms with Gasteiger partial charge in [0.2, 0.25) is 11.8 Å². The molecule has 0 bridgehead atoms. The van der Waals surface area contributed by atoms with Crippen LogP contribution in [0.2, 0.25) is 0 Å². The van der Waals surface area contributed by atoms with E-state index in [1.54, 1.807) is 12.1 Å². The van der Waals surface area contributed by atoms with Gasteiger partial charge in [0.25, 0.3) is 5.69 Å². The molecule has 9 nitrogen and oxygen atoms in total. The van der Waals surface area contributed by atoms with Crippen LogP contribution < -0.4 is 15.0 Å². The van der Waals surface area contributed by atoms with Gasteiger partial charge in [0.1, 0.15) is 10.6 Å². The van der Waals surface area contributed by atoms with E-state index in [1.165, 1.54) is 23.5 Å². The molecule has 4 aromatic rings. The van der Waals surface area contributed by atoms with Crippen LogP contribution in [0.3, 0.4) is 0 Å². The second kappa shape index (κ2) is 9.99. The highest BCUT2D eigenvalue weighted by atomic mass is 32.1. The summed E-state index contributed by atoms with van der Waals surface area (Å²) in [5, 5.41) is 26.3. The summed E-state index contributed by atoms with van der Waals surface area (Å²) >= 11 is 1.49. The Morgan fingerprint density at radius 2 is 1.92 bits per heavy atom. The van der Waals surface area contributed by atoms with Crippen LogP contribution in [-0.4, -0.2) is 34.0 Å². The van der Waals surface area contributed by atoms with E-state index < -0.39 is 10.7 Å². The van der Waals surface area contributed by atoms with Gasteiger partial charge in [-0.15, -0.1) is 11.3 Å². The van der Waals surface area contributed by atoms with Crippen molar-refractivity contribution < 1.29 is 14.1 Å². The largest absolute Gasteiger partial charge is 0.438 e. The molecule has 37 heavy (non-hydrogen) atoms. The van der Waals surface area contributed by atoms with Gasteiger partial charge < -0.3 is 15.0 Å². The molecule has 0 saturated carbocycles. The van der Waals surface area contributed by atoms with Gasteiger partial charge in [-0.05, 0) is 67.5 Å². The molecule has 1 aliphatic rings. The Hall–Kier alpha value is -4.30. The van der Waals surface area contributed by atoms with Crippen molar-refractivity contribution in [1.29, 1.82) is 5.26 Å². The van der Waals surface area contributed by atoms with Crippen LogP contribution in [0.15, 0.2) is 41.8 Å². The number of ether oxygens (including phenoxy) is 1. The van der Waals surface area contributed by atoms with Gasteiger partial charge >= 0.3 is 0 Å². The Labute approximate surface area is 216 Å². The normalized spacial score (nSPS) is 13.9. The summed E-state index contributed by atoms with van der Waals surface area (Å²) in [4.78, 5) is 22.3. The summed E-state index contributed by atoms with van der Waals surface area (Å²) in [6.07, 6.45) is 1.43. The molecule has 0 aliphatic carbocycles. The summed E-state index contributed by atoms with van der Waals surface area (Å²) in [6, 6.07) is 11.5. The van der Waals surface area contributed by atoms with E-state index in [4.69, 9.17) is 4.74 Å². The van der Waals surface area contributed by atoms with Crippen LogP contribution in [0.25, 0.3) is 10.2 Å². The Bertz CT molecular complexity index is 1520. The summed E-state index contributed by atoms with van der Waals surface area (Å²) in [5.74, 6) is 0.959. The number of nitrogens with one attached hydrogen (secondary N) is 1. The lowest BCUT2D eigenvalue weighted by Crippen LogP contribution is -2.39. The fourth-order valence-corrected chi connectivity index (χ4v) is 5.31. The van der Waals surface area contributed by atoms with Gasteiger partial charge in [0.15, 0.2) is 5.82 Å². The molecular formula is C26H23FN6O3S. The lowest BCUT2D eigenvalue weighted by molar-refractivity contribution is -0.385. The fourth-order valence-electron chi connectivity index (χ4n) is 4.56. The van der Waals surface area contributed by atoms with E-state index in [0.717, 1.165) is 27.4 Å². The standard InChI is InChI=1S/C26H23FN6O3S/c1-15-11-17(14-28)12-16(2)23(15)36-24-20-7-10-37-25(20)31-26(30-24)29-18-5-8-32(9-6-18)22-4-3-19(33(34)35)13-21(22)27/h3-4,7,10-13,18H,5-6,8-9H2,1-2H3,(H,29,30,31). The van der Waals surface area contributed by atoms with E-state index in [-0.39, 0.29) is 11.7 Å². The number of halogens is 1. The first-order valence-electron chi connectivity index (χ1n) is 11.7. The van der Waals surface area contributed by atoms with Crippen molar-refractivity contribution >= 4 is 38.9 Å². The number of fused-ring (bicyclic) bond motifs is 1. The number of nitro groups is 1. The number of hydrogen-bond donors (Lipinski definition) is 1. The zero-order valence-electron chi connectivity index (χ0n) is 20.2. The van der Waals surface area contributed by atoms with Gasteiger partial charge in [-0.2, -0.15) is 10.2 Å². The molecule has 3 heterocycles. The zero-order chi connectivity index (χ0) is 26.1. The molecule has 1 N–H and O–H groups in total. The van der Waals surface area contributed by atoms with Gasteiger partial charge in [-0.3, -0.25) is 10.1 Å². The number of rotatable bonds is 6.